The van der Waals surface area contributed by atoms with E-state index in [2.05, 4.69) is 10.3 Å². The van der Waals surface area contributed by atoms with Crippen molar-refractivity contribution in [3.05, 3.63) is 24.5 Å². The van der Waals surface area contributed by atoms with Crippen molar-refractivity contribution in [3.8, 4) is 0 Å². The molecule has 1 aliphatic rings. The molecule has 0 aliphatic carbocycles. The van der Waals surface area contributed by atoms with Crippen LogP contribution in [-0.4, -0.2) is 34.8 Å². The molecular formula is C15H21N3O2. The minimum atomic E-state index is -0.0145. The first-order valence-electron chi connectivity index (χ1n) is 7.07. The maximum Gasteiger partial charge on any atom is 0.227 e. The molecule has 5 nitrogen and oxygen atoms in total. The van der Waals surface area contributed by atoms with Crippen LogP contribution in [0.2, 0.25) is 0 Å². The average Bonchev–Trinajstić information content (AvgIpc) is 2.47. The summed E-state index contributed by atoms with van der Waals surface area (Å²) >= 11 is 0. The lowest BCUT2D eigenvalue weighted by Gasteiger charge is -2.32. The summed E-state index contributed by atoms with van der Waals surface area (Å²) in [5, 5.41) is 2.90. The van der Waals surface area contributed by atoms with Crippen LogP contribution in [0.15, 0.2) is 24.5 Å². The lowest BCUT2D eigenvalue weighted by molar-refractivity contribution is -0.137. The highest BCUT2D eigenvalue weighted by Gasteiger charge is 2.28. The van der Waals surface area contributed by atoms with Crippen molar-refractivity contribution < 1.29 is 9.59 Å². The molecule has 0 aromatic carbocycles. The van der Waals surface area contributed by atoms with Crippen molar-refractivity contribution >= 4 is 17.5 Å². The molecule has 1 aromatic rings. The highest BCUT2D eigenvalue weighted by atomic mass is 16.2. The summed E-state index contributed by atoms with van der Waals surface area (Å²) in [5.74, 6) is 0.224. The van der Waals surface area contributed by atoms with Gasteiger partial charge in [-0.05, 0) is 25.0 Å². The van der Waals surface area contributed by atoms with Gasteiger partial charge < -0.3 is 10.2 Å². The molecule has 108 valence electrons. The van der Waals surface area contributed by atoms with Crippen LogP contribution >= 0.6 is 0 Å². The third-order valence-electron chi connectivity index (χ3n) is 3.62. The number of rotatable bonds is 3. The third-order valence-corrected chi connectivity index (χ3v) is 3.62. The van der Waals surface area contributed by atoms with Gasteiger partial charge in [0.2, 0.25) is 11.8 Å². The van der Waals surface area contributed by atoms with Gasteiger partial charge in [-0.1, -0.05) is 13.8 Å². The number of likely N-dealkylation sites (tertiary alicyclic amines) is 1. The molecule has 0 spiro atoms. The summed E-state index contributed by atoms with van der Waals surface area (Å²) in [6.45, 7) is 5.16. The summed E-state index contributed by atoms with van der Waals surface area (Å²) in [4.78, 5) is 29.8. The highest BCUT2D eigenvalue weighted by molar-refractivity contribution is 5.92. The van der Waals surface area contributed by atoms with E-state index >= 15 is 0 Å². The Morgan fingerprint density at radius 1 is 1.25 bits per heavy atom. The molecule has 2 heterocycles. The van der Waals surface area contributed by atoms with Gasteiger partial charge in [0.25, 0.3) is 0 Å². The summed E-state index contributed by atoms with van der Waals surface area (Å²) < 4.78 is 0. The van der Waals surface area contributed by atoms with Crippen molar-refractivity contribution in [2.24, 2.45) is 11.8 Å². The van der Waals surface area contributed by atoms with Crippen molar-refractivity contribution in [1.29, 1.82) is 0 Å². The Labute approximate surface area is 119 Å². The van der Waals surface area contributed by atoms with Crippen LogP contribution < -0.4 is 5.32 Å². The fraction of sp³-hybridized carbons (Fsp3) is 0.533. The maximum absolute atomic E-state index is 12.1. The number of aromatic nitrogens is 1. The van der Waals surface area contributed by atoms with Gasteiger partial charge in [-0.2, -0.15) is 0 Å². The number of nitrogens with zero attached hydrogens (tertiary/aromatic N) is 2. The van der Waals surface area contributed by atoms with Gasteiger partial charge in [-0.25, -0.2) is 0 Å². The highest BCUT2D eigenvalue weighted by Crippen LogP contribution is 2.20. The number of hydrogen-bond acceptors (Lipinski definition) is 3. The largest absolute Gasteiger partial charge is 0.342 e. The minimum absolute atomic E-state index is 0.0145. The van der Waals surface area contributed by atoms with Gasteiger partial charge in [0.1, 0.15) is 0 Å². The van der Waals surface area contributed by atoms with E-state index in [1.54, 1.807) is 24.5 Å². The summed E-state index contributed by atoms with van der Waals surface area (Å²) in [6.07, 6.45) is 4.77. The number of carbonyl (C=O) groups excluding carboxylic acids is 2. The fourth-order valence-corrected chi connectivity index (χ4v) is 2.41. The Kier molecular flexibility index (Phi) is 4.71. The average molecular weight is 275 g/mol. The van der Waals surface area contributed by atoms with Crippen LogP contribution in [0.3, 0.4) is 0 Å². The molecule has 1 N–H and O–H groups in total. The van der Waals surface area contributed by atoms with Gasteiger partial charge in [0.05, 0.1) is 0 Å². The van der Waals surface area contributed by atoms with E-state index < -0.39 is 0 Å². The number of hydrogen-bond donors (Lipinski definition) is 1. The van der Waals surface area contributed by atoms with Crippen molar-refractivity contribution in [3.63, 3.8) is 0 Å². The van der Waals surface area contributed by atoms with E-state index in [0.717, 1.165) is 18.5 Å². The fourth-order valence-electron chi connectivity index (χ4n) is 2.41. The normalized spacial score (nSPS) is 16.2. The summed E-state index contributed by atoms with van der Waals surface area (Å²) in [5.41, 5.74) is 0.769. The number of amides is 2. The van der Waals surface area contributed by atoms with Crippen LogP contribution in [0.4, 0.5) is 5.69 Å². The van der Waals surface area contributed by atoms with E-state index in [4.69, 9.17) is 0 Å². The Bertz CT molecular complexity index is 465. The van der Waals surface area contributed by atoms with Crippen LogP contribution in [0.1, 0.15) is 26.7 Å². The molecule has 1 saturated heterocycles. The Morgan fingerprint density at radius 2 is 1.85 bits per heavy atom. The first-order chi connectivity index (χ1) is 9.58. The monoisotopic (exact) mass is 275 g/mol. The second kappa shape index (κ2) is 6.50. The predicted octanol–water partition coefficient (Wildman–Crippen LogP) is 1.91. The van der Waals surface area contributed by atoms with Gasteiger partial charge in [-0.15, -0.1) is 0 Å². The maximum atomic E-state index is 12.1. The zero-order valence-corrected chi connectivity index (χ0v) is 12.0. The third kappa shape index (κ3) is 3.56. The lowest BCUT2D eigenvalue weighted by atomic mass is 9.95. The van der Waals surface area contributed by atoms with Gasteiger partial charge >= 0.3 is 0 Å². The van der Waals surface area contributed by atoms with E-state index in [9.17, 15) is 9.59 Å². The van der Waals surface area contributed by atoms with Gasteiger partial charge in [0, 0.05) is 43.0 Å². The molecule has 2 amide bonds. The van der Waals surface area contributed by atoms with E-state index in [-0.39, 0.29) is 23.7 Å². The second-order valence-corrected chi connectivity index (χ2v) is 5.48. The van der Waals surface area contributed by atoms with Crippen molar-refractivity contribution in [2.75, 3.05) is 18.4 Å². The molecule has 5 heteroatoms. The molecule has 1 aromatic heterocycles. The molecule has 0 radical (unpaired) electrons. The minimum Gasteiger partial charge on any atom is -0.342 e. The number of anilines is 1. The molecule has 2 rings (SSSR count). The van der Waals surface area contributed by atoms with Gasteiger partial charge in [0.15, 0.2) is 0 Å². The predicted molar refractivity (Wildman–Crippen MR) is 77.0 cm³/mol. The molecule has 0 atom stereocenters. The smallest absolute Gasteiger partial charge is 0.227 e. The molecular weight excluding hydrogens is 254 g/mol. The van der Waals surface area contributed by atoms with Gasteiger partial charge in [-0.3, -0.25) is 14.6 Å². The van der Waals surface area contributed by atoms with Crippen LogP contribution in [-0.2, 0) is 9.59 Å². The molecule has 0 bridgehead atoms. The van der Waals surface area contributed by atoms with E-state index in [0.29, 0.717) is 13.1 Å². The zero-order chi connectivity index (χ0) is 14.5. The molecule has 0 unspecified atom stereocenters. The van der Waals surface area contributed by atoms with E-state index in [1.165, 1.54) is 0 Å². The second-order valence-electron chi connectivity index (χ2n) is 5.48. The summed E-state index contributed by atoms with van der Waals surface area (Å²) in [6, 6.07) is 3.55. The number of carbonyl (C=O) groups is 2. The zero-order valence-electron chi connectivity index (χ0n) is 12.0. The van der Waals surface area contributed by atoms with Crippen LogP contribution in [0, 0.1) is 11.8 Å². The molecule has 1 fully saturated rings. The molecule has 20 heavy (non-hydrogen) atoms. The van der Waals surface area contributed by atoms with Crippen molar-refractivity contribution in [2.45, 2.75) is 26.7 Å². The van der Waals surface area contributed by atoms with Crippen LogP contribution in [0.25, 0.3) is 0 Å². The van der Waals surface area contributed by atoms with E-state index in [1.807, 2.05) is 18.7 Å². The Morgan fingerprint density at radius 3 is 2.40 bits per heavy atom. The Hall–Kier alpha value is -1.91. The molecule has 1 aliphatic heterocycles. The first-order valence-corrected chi connectivity index (χ1v) is 7.07. The molecule has 0 saturated carbocycles. The number of pyridine rings is 1. The topological polar surface area (TPSA) is 62.3 Å². The number of piperidine rings is 1. The Balaban J connectivity index is 1.84. The standard InChI is InChI=1S/C15H21N3O2/c1-11(2)15(20)18-9-5-12(6-10-18)14(19)17-13-3-7-16-8-4-13/h3-4,7-8,11-12H,5-6,9-10H2,1-2H3,(H,16,17,19). The first kappa shape index (κ1) is 14.5. The van der Waals surface area contributed by atoms with Crippen LogP contribution in [0.5, 0.6) is 0 Å². The summed E-state index contributed by atoms with van der Waals surface area (Å²) in [7, 11) is 0. The number of nitrogens with one attached hydrogen (secondary N) is 1. The lowest BCUT2D eigenvalue weighted by Crippen LogP contribution is -2.43. The quantitative estimate of drug-likeness (QED) is 0.916. The SMILES string of the molecule is CC(C)C(=O)N1CCC(C(=O)Nc2ccncc2)CC1. The van der Waals surface area contributed by atoms with Crippen molar-refractivity contribution in [1.82, 2.24) is 9.88 Å².